The van der Waals surface area contributed by atoms with Crippen LogP contribution >= 0.6 is 11.6 Å². The van der Waals surface area contributed by atoms with Gasteiger partial charge >= 0.3 is 0 Å². The second-order valence-corrected chi connectivity index (χ2v) is 6.48. The van der Waals surface area contributed by atoms with E-state index in [0.29, 0.717) is 17.0 Å². The molecular formula is C16H22ClFN2. The SMILES string of the molecule is CNCC1CCCN(C2CC2)C1c1cc(Cl)ccc1F. The van der Waals surface area contributed by atoms with E-state index in [1.54, 1.807) is 6.07 Å². The van der Waals surface area contributed by atoms with Gasteiger partial charge in [0.25, 0.3) is 0 Å². The highest BCUT2D eigenvalue weighted by Gasteiger charge is 2.41. The Labute approximate surface area is 125 Å². The molecule has 0 bridgehead atoms. The van der Waals surface area contributed by atoms with Gasteiger partial charge in [-0.2, -0.15) is 0 Å². The first-order valence-electron chi connectivity index (χ1n) is 7.56. The third-order valence-electron chi connectivity index (χ3n) is 4.55. The minimum absolute atomic E-state index is 0.118. The molecule has 1 aliphatic heterocycles. The average Bonchev–Trinajstić information content (AvgIpc) is 3.26. The number of hydrogen-bond donors (Lipinski definition) is 1. The summed E-state index contributed by atoms with van der Waals surface area (Å²) in [5, 5.41) is 3.90. The van der Waals surface area contributed by atoms with Crippen molar-refractivity contribution in [1.82, 2.24) is 10.2 Å². The predicted molar refractivity (Wildman–Crippen MR) is 80.5 cm³/mol. The van der Waals surface area contributed by atoms with E-state index in [1.165, 1.54) is 25.3 Å². The van der Waals surface area contributed by atoms with Crippen molar-refractivity contribution in [2.45, 2.75) is 37.8 Å². The van der Waals surface area contributed by atoms with E-state index in [9.17, 15) is 4.39 Å². The smallest absolute Gasteiger partial charge is 0.128 e. The Balaban J connectivity index is 1.95. The first-order chi connectivity index (χ1) is 9.70. The van der Waals surface area contributed by atoms with Crippen LogP contribution < -0.4 is 5.32 Å². The molecule has 2 fully saturated rings. The summed E-state index contributed by atoms with van der Waals surface area (Å²) in [6, 6.07) is 5.79. The van der Waals surface area contributed by atoms with Gasteiger partial charge in [-0.15, -0.1) is 0 Å². The summed E-state index contributed by atoms with van der Waals surface area (Å²) >= 11 is 6.10. The van der Waals surface area contributed by atoms with Crippen LogP contribution in [-0.4, -0.2) is 31.1 Å². The molecule has 0 aromatic heterocycles. The average molecular weight is 297 g/mol. The monoisotopic (exact) mass is 296 g/mol. The summed E-state index contributed by atoms with van der Waals surface area (Å²) < 4.78 is 14.3. The van der Waals surface area contributed by atoms with Gasteiger partial charge < -0.3 is 5.32 Å². The highest BCUT2D eigenvalue weighted by atomic mass is 35.5. The van der Waals surface area contributed by atoms with E-state index in [2.05, 4.69) is 10.2 Å². The van der Waals surface area contributed by atoms with Crippen LogP contribution in [0.25, 0.3) is 0 Å². The Morgan fingerprint density at radius 2 is 2.15 bits per heavy atom. The standard InChI is InChI=1S/C16H22ClFN2/c1-19-10-11-3-2-8-20(13-5-6-13)16(11)14-9-12(17)4-7-15(14)18/h4,7,9,11,13,16,19H,2-3,5-6,8,10H2,1H3. The van der Waals surface area contributed by atoms with Crippen LogP contribution in [0.5, 0.6) is 0 Å². The highest BCUT2D eigenvalue weighted by Crippen LogP contribution is 2.43. The van der Waals surface area contributed by atoms with Crippen LogP contribution in [0.3, 0.4) is 0 Å². The zero-order valence-electron chi connectivity index (χ0n) is 11.9. The Morgan fingerprint density at radius 3 is 2.85 bits per heavy atom. The molecule has 20 heavy (non-hydrogen) atoms. The second-order valence-electron chi connectivity index (χ2n) is 6.04. The van der Waals surface area contributed by atoms with E-state index in [1.807, 2.05) is 13.1 Å². The molecule has 4 heteroatoms. The fourth-order valence-corrected chi connectivity index (χ4v) is 3.75. The van der Waals surface area contributed by atoms with Crippen LogP contribution in [0, 0.1) is 11.7 Å². The number of nitrogens with zero attached hydrogens (tertiary/aromatic N) is 1. The number of rotatable bonds is 4. The lowest BCUT2D eigenvalue weighted by Crippen LogP contribution is -2.43. The molecule has 1 saturated heterocycles. The zero-order chi connectivity index (χ0) is 14.1. The molecule has 2 nitrogen and oxygen atoms in total. The van der Waals surface area contributed by atoms with Crippen LogP contribution in [-0.2, 0) is 0 Å². The molecule has 1 N–H and O–H groups in total. The van der Waals surface area contributed by atoms with Gasteiger partial charge in [-0.1, -0.05) is 11.6 Å². The highest BCUT2D eigenvalue weighted by molar-refractivity contribution is 6.30. The van der Waals surface area contributed by atoms with Crippen molar-refractivity contribution < 1.29 is 4.39 Å². The molecule has 2 atom stereocenters. The van der Waals surface area contributed by atoms with Gasteiger partial charge in [0.2, 0.25) is 0 Å². The Kier molecular flexibility index (Phi) is 4.29. The summed E-state index contributed by atoms with van der Waals surface area (Å²) in [4.78, 5) is 2.51. The van der Waals surface area contributed by atoms with Gasteiger partial charge in [-0.05, 0) is 69.9 Å². The number of nitrogens with one attached hydrogen (secondary N) is 1. The number of piperidine rings is 1. The van der Waals surface area contributed by atoms with E-state index < -0.39 is 0 Å². The topological polar surface area (TPSA) is 15.3 Å². The maximum atomic E-state index is 14.3. The molecule has 1 aliphatic carbocycles. The van der Waals surface area contributed by atoms with Gasteiger partial charge in [0, 0.05) is 22.7 Å². The molecule has 0 spiro atoms. The zero-order valence-corrected chi connectivity index (χ0v) is 12.7. The predicted octanol–water partition coefficient (Wildman–Crippen LogP) is 3.61. The van der Waals surface area contributed by atoms with E-state index in [0.717, 1.165) is 25.1 Å². The van der Waals surface area contributed by atoms with E-state index in [-0.39, 0.29) is 11.9 Å². The van der Waals surface area contributed by atoms with Crippen molar-refractivity contribution in [3.05, 3.63) is 34.6 Å². The molecule has 1 aromatic carbocycles. The summed E-state index contributed by atoms with van der Waals surface area (Å²) in [5.41, 5.74) is 0.782. The normalized spacial score (nSPS) is 27.8. The Morgan fingerprint density at radius 1 is 1.35 bits per heavy atom. The van der Waals surface area contributed by atoms with E-state index >= 15 is 0 Å². The van der Waals surface area contributed by atoms with E-state index in [4.69, 9.17) is 11.6 Å². The fourth-order valence-electron chi connectivity index (χ4n) is 3.57. The largest absolute Gasteiger partial charge is 0.319 e. The minimum Gasteiger partial charge on any atom is -0.319 e. The second kappa shape index (κ2) is 6.00. The van der Waals surface area contributed by atoms with Crippen molar-refractivity contribution in [3.8, 4) is 0 Å². The van der Waals surface area contributed by atoms with Crippen molar-refractivity contribution in [3.63, 3.8) is 0 Å². The molecule has 2 unspecified atom stereocenters. The van der Waals surface area contributed by atoms with Crippen molar-refractivity contribution >= 4 is 11.6 Å². The minimum atomic E-state index is -0.118. The van der Waals surface area contributed by atoms with Crippen LogP contribution in [0.2, 0.25) is 5.02 Å². The number of benzene rings is 1. The molecule has 1 heterocycles. The Hall–Kier alpha value is -0.640. The van der Waals surface area contributed by atoms with Crippen LogP contribution in [0.15, 0.2) is 18.2 Å². The molecule has 1 saturated carbocycles. The van der Waals surface area contributed by atoms with Gasteiger partial charge in [0.05, 0.1) is 0 Å². The third-order valence-corrected chi connectivity index (χ3v) is 4.79. The maximum absolute atomic E-state index is 14.3. The molecule has 1 aromatic rings. The molecule has 3 rings (SSSR count). The molecule has 0 radical (unpaired) electrons. The maximum Gasteiger partial charge on any atom is 0.128 e. The van der Waals surface area contributed by atoms with Gasteiger partial charge in [0.15, 0.2) is 0 Å². The lowest BCUT2D eigenvalue weighted by Gasteiger charge is -2.42. The molecular weight excluding hydrogens is 275 g/mol. The molecule has 110 valence electrons. The van der Waals surface area contributed by atoms with Gasteiger partial charge in [0.1, 0.15) is 5.82 Å². The summed E-state index contributed by atoms with van der Waals surface area (Å²) in [6.45, 7) is 2.02. The lowest BCUT2D eigenvalue weighted by atomic mass is 9.84. The van der Waals surface area contributed by atoms with Gasteiger partial charge in [-0.25, -0.2) is 4.39 Å². The summed E-state index contributed by atoms with van der Waals surface area (Å²) in [6.07, 6.45) is 4.87. The number of hydrogen-bond acceptors (Lipinski definition) is 2. The first-order valence-corrected chi connectivity index (χ1v) is 7.94. The fraction of sp³-hybridized carbons (Fsp3) is 0.625. The molecule has 0 amide bonds. The summed E-state index contributed by atoms with van der Waals surface area (Å²) in [5.74, 6) is 0.343. The van der Waals surface area contributed by atoms with Crippen molar-refractivity contribution in [2.24, 2.45) is 5.92 Å². The number of halogens is 2. The van der Waals surface area contributed by atoms with Crippen molar-refractivity contribution in [2.75, 3.05) is 20.1 Å². The summed E-state index contributed by atoms with van der Waals surface area (Å²) in [7, 11) is 1.97. The van der Waals surface area contributed by atoms with Gasteiger partial charge in [-0.3, -0.25) is 4.90 Å². The Bertz CT molecular complexity index is 474. The first kappa shape index (κ1) is 14.3. The molecule has 2 aliphatic rings. The lowest BCUT2D eigenvalue weighted by molar-refractivity contribution is 0.0819. The van der Waals surface area contributed by atoms with Crippen molar-refractivity contribution in [1.29, 1.82) is 0 Å². The quantitative estimate of drug-likeness (QED) is 0.913. The third kappa shape index (κ3) is 2.85. The van der Waals surface area contributed by atoms with Crippen LogP contribution in [0.1, 0.15) is 37.3 Å². The van der Waals surface area contributed by atoms with Crippen LogP contribution in [0.4, 0.5) is 4.39 Å². The number of likely N-dealkylation sites (tertiary alicyclic amines) is 1.